The number of fused-ring (bicyclic) bond motifs is 9. The van der Waals surface area contributed by atoms with Crippen molar-refractivity contribution in [3.8, 4) is 56.4 Å². The Balaban J connectivity index is 1.08. The molecule has 7 aromatic carbocycles. The third-order valence-corrected chi connectivity index (χ3v) is 13.3. The van der Waals surface area contributed by atoms with Gasteiger partial charge in [-0.25, -0.2) is 15.0 Å². The van der Waals surface area contributed by atoms with Gasteiger partial charge in [0.15, 0.2) is 17.5 Å². The van der Waals surface area contributed by atoms with E-state index in [1.807, 2.05) is 40.9 Å². The molecule has 0 saturated carbocycles. The zero-order valence-electron chi connectivity index (χ0n) is 29.1. The Morgan fingerprint density at radius 1 is 0.377 bits per heavy atom. The standard InChI is InChI=1S/C48H31N3S2/c1-48(2)38-16-10-15-35(44(38)34-22-19-30(27-39(34)48)29-20-23-42-36(25-29)32-13-6-8-17-40(32)52-42)47-50-45(28-11-4-3-5-12-28)49-46(51-47)31-21-24-43-37(26-31)33-14-7-9-18-41(33)53-43/h3-27H,1-2H3. The van der Waals surface area contributed by atoms with Crippen molar-refractivity contribution in [2.24, 2.45) is 0 Å². The van der Waals surface area contributed by atoms with Crippen molar-refractivity contribution in [1.29, 1.82) is 0 Å². The van der Waals surface area contributed by atoms with E-state index < -0.39 is 0 Å². The fourth-order valence-corrected chi connectivity index (χ4v) is 10.4. The first kappa shape index (κ1) is 30.6. The van der Waals surface area contributed by atoms with Gasteiger partial charge in [-0.3, -0.25) is 0 Å². The molecule has 53 heavy (non-hydrogen) atoms. The Bertz CT molecular complexity index is 3100. The number of hydrogen-bond donors (Lipinski definition) is 0. The highest BCUT2D eigenvalue weighted by Crippen LogP contribution is 2.53. The summed E-state index contributed by atoms with van der Waals surface area (Å²) in [5.74, 6) is 2.03. The Morgan fingerprint density at radius 3 is 1.64 bits per heavy atom. The molecule has 0 N–H and O–H groups in total. The smallest absolute Gasteiger partial charge is 0.164 e. The van der Waals surface area contributed by atoms with Gasteiger partial charge in [-0.1, -0.05) is 117 Å². The molecule has 10 aromatic rings. The first-order valence-corrected chi connectivity index (χ1v) is 19.6. The average molecular weight is 714 g/mol. The van der Waals surface area contributed by atoms with Gasteiger partial charge < -0.3 is 0 Å². The number of benzene rings is 7. The molecule has 3 heterocycles. The summed E-state index contributed by atoms with van der Waals surface area (Å²) in [6.45, 7) is 4.69. The second-order valence-electron chi connectivity index (χ2n) is 14.4. The van der Waals surface area contributed by atoms with E-state index in [-0.39, 0.29) is 5.41 Å². The average Bonchev–Trinajstić information content (AvgIpc) is 3.85. The van der Waals surface area contributed by atoms with Crippen LogP contribution in [0.3, 0.4) is 0 Å². The molecule has 0 aliphatic heterocycles. The maximum Gasteiger partial charge on any atom is 0.164 e. The molecular weight excluding hydrogens is 683 g/mol. The molecule has 0 atom stereocenters. The summed E-state index contributed by atoms with van der Waals surface area (Å²) in [5.41, 5.74) is 10.3. The molecule has 0 saturated heterocycles. The molecule has 0 amide bonds. The van der Waals surface area contributed by atoms with Crippen molar-refractivity contribution in [2.75, 3.05) is 0 Å². The zero-order chi connectivity index (χ0) is 35.3. The molecule has 0 spiro atoms. The van der Waals surface area contributed by atoms with Gasteiger partial charge in [0.05, 0.1) is 0 Å². The van der Waals surface area contributed by atoms with Gasteiger partial charge in [0.1, 0.15) is 0 Å². The van der Waals surface area contributed by atoms with Crippen LogP contribution in [0.5, 0.6) is 0 Å². The monoisotopic (exact) mass is 713 g/mol. The number of thiophene rings is 2. The SMILES string of the molecule is CC1(C)c2cc(-c3ccc4sc5ccccc5c4c3)ccc2-c2c(-c3nc(-c4ccccc4)nc(-c4ccc5sc6ccccc6c5c4)n3)cccc21. The number of hydrogen-bond acceptors (Lipinski definition) is 5. The summed E-state index contributed by atoms with van der Waals surface area (Å²) < 4.78 is 5.19. The third-order valence-electron chi connectivity index (χ3n) is 11.0. The quantitative estimate of drug-likeness (QED) is 0.182. The van der Waals surface area contributed by atoms with Crippen molar-refractivity contribution in [3.05, 3.63) is 163 Å². The normalized spacial score (nSPS) is 13.2. The minimum Gasteiger partial charge on any atom is -0.208 e. The van der Waals surface area contributed by atoms with E-state index in [4.69, 9.17) is 15.0 Å². The lowest BCUT2D eigenvalue weighted by atomic mass is 9.81. The minimum atomic E-state index is -0.209. The Labute approximate surface area is 314 Å². The molecule has 0 fully saturated rings. The molecule has 11 rings (SSSR count). The molecule has 3 aromatic heterocycles. The van der Waals surface area contributed by atoms with Crippen LogP contribution in [0.4, 0.5) is 0 Å². The highest BCUT2D eigenvalue weighted by Gasteiger charge is 2.37. The maximum atomic E-state index is 5.26. The van der Waals surface area contributed by atoms with E-state index in [9.17, 15) is 0 Å². The van der Waals surface area contributed by atoms with E-state index >= 15 is 0 Å². The van der Waals surface area contributed by atoms with Gasteiger partial charge in [-0.2, -0.15) is 0 Å². The predicted molar refractivity (Wildman–Crippen MR) is 225 cm³/mol. The van der Waals surface area contributed by atoms with Crippen LogP contribution in [0.1, 0.15) is 25.0 Å². The van der Waals surface area contributed by atoms with E-state index in [1.165, 1.54) is 73.7 Å². The molecule has 0 bridgehead atoms. The Kier molecular flexibility index (Phi) is 6.64. The molecule has 5 heteroatoms. The summed E-state index contributed by atoms with van der Waals surface area (Å²) in [6, 6.07) is 54.7. The van der Waals surface area contributed by atoms with Gasteiger partial charge in [-0.15, -0.1) is 22.7 Å². The van der Waals surface area contributed by atoms with Gasteiger partial charge in [0, 0.05) is 62.4 Å². The van der Waals surface area contributed by atoms with Crippen LogP contribution in [-0.4, -0.2) is 15.0 Å². The molecular formula is C48H31N3S2. The largest absolute Gasteiger partial charge is 0.208 e. The molecule has 0 radical (unpaired) electrons. The first-order valence-electron chi connectivity index (χ1n) is 17.9. The molecule has 250 valence electrons. The third kappa shape index (κ3) is 4.74. The van der Waals surface area contributed by atoms with Crippen molar-refractivity contribution in [3.63, 3.8) is 0 Å². The van der Waals surface area contributed by atoms with Crippen LogP contribution in [0.2, 0.25) is 0 Å². The van der Waals surface area contributed by atoms with Crippen LogP contribution in [0.25, 0.3) is 96.8 Å². The lowest BCUT2D eigenvalue weighted by Gasteiger charge is -2.22. The summed E-state index contributed by atoms with van der Waals surface area (Å²) in [7, 11) is 0. The fraction of sp³-hybridized carbons (Fsp3) is 0.0625. The second kappa shape index (κ2) is 11.5. The zero-order valence-corrected chi connectivity index (χ0v) is 30.7. The van der Waals surface area contributed by atoms with Crippen molar-refractivity contribution < 1.29 is 0 Å². The van der Waals surface area contributed by atoms with Gasteiger partial charge in [0.2, 0.25) is 0 Å². The van der Waals surface area contributed by atoms with Crippen LogP contribution >= 0.6 is 22.7 Å². The fourth-order valence-electron chi connectivity index (χ4n) is 8.27. The van der Waals surface area contributed by atoms with Crippen LogP contribution in [0.15, 0.2) is 152 Å². The Morgan fingerprint density at radius 2 is 0.925 bits per heavy atom. The summed E-state index contributed by atoms with van der Waals surface area (Å²) in [6.07, 6.45) is 0. The van der Waals surface area contributed by atoms with Crippen LogP contribution in [0, 0.1) is 0 Å². The van der Waals surface area contributed by atoms with E-state index in [2.05, 4.69) is 147 Å². The predicted octanol–water partition coefficient (Wildman–Crippen LogP) is 13.6. The molecule has 3 nitrogen and oxygen atoms in total. The summed E-state index contributed by atoms with van der Waals surface area (Å²) in [5, 5.41) is 5.13. The van der Waals surface area contributed by atoms with Gasteiger partial charge >= 0.3 is 0 Å². The number of rotatable bonds is 4. The topological polar surface area (TPSA) is 38.7 Å². The number of nitrogens with zero attached hydrogens (tertiary/aromatic N) is 3. The van der Waals surface area contributed by atoms with Crippen molar-refractivity contribution in [2.45, 2.75) is 19.3 Å². The summed E-state index contributed by atoms with van der Waals surface area (Å²) >= 11 is 3.68. The highest BCUT2D eigenvalue weighted by molar-refractivity contribution is 7.26. The van der Waals surface area contributed by atoms with E-state index in [0.717, 1.165) is 16.7 Å². The number of aromatic nitrogens is 3. The second-order valence-corrected chi connectivity index (χ2v) is 16.6. The van der Waals surface area contributed by atoms with Crippen molar-refractivity contribution in [1.82, 2.24) is 15.0 Å². The van der Waals surface area contributed by atoms with Gasteiger partial charge in [-0.05, 0) is 81.9 Å². The Hall–Kier alpha value is -6.01. The lowest BCUT2D eigenvalue weighted by molar-refractivity contribution is 0.660. The van der Waals surface area contributed by atoms with Gasteiger partial charge in [0.25, 0.3) is 0 Å². The van der Waals surface area contributed by atoms with Crippen LogP contribution < -0.4 is 0 Å². The molecule has 1 aliphatic carbocycles. The minimum absolute atomic E-state index is 0.209. The van der Waals surface area contributed by atoms with Crippen LogP contribution in [-0.2, 0) is 5.41 Å². The molecule has 1 aliphatic rings. The summed E-state index contributed by atoms with van der Waals surface area (Å²) in [4.78, 5) is 15.6. The maximum absolute atomic E-state index is 5.26. The lowest BCUT2D eigenvalue weighted by Crippen LogP contribution is -2.15. The van der Waals surface area contributed by atoms with E-state index in [0.29, 0.717) is 17.5 Å². The highest BCUT2D eigenvalue weighted by atomic mass is 32.1. The first-order chi connectivity index (χ1) is 26.0. The van der Waals surface area contributed by atoms with E-state index in [1.54, 1.807) is 0 Å². The van der Waals surface area contributed by atoms with Crippen molar-refractivity contribution >= 4 is 63.0 Å². The molecule has 0 unspecified atom stereocenters.